The summed E-state index contributed by atoms with van der Waals surface area (Å²) in [5.41, 5.74) is 0.512. The molecule has 3 aromatic carbocycles. The van der Waals surface area contributed by atoms with Crippen LogP contribution in [0.4, 0.5) is 0 Å². The highest BCUT2D eigenvalue weighted by molar-refractivity contribution is 6.13. The van der Waals surface area contributed by atoms with Crippen molar-refractivity contribution in [1.29, 1.82) is 0 Å². The average molecular weight is 493 g/mol. The number of ketones is 1. The van der Waals surface area contributed by atoms with Gasteiger partial charge in [0.25, 0.3) is 5.91 Å². The first-order valence-electron chi connectivity index (χ1n) is 11.6. The fourth-order valence-corrected chi connectivity index (χ4v) is 4.21. The molecule has 9 nitrogen and oxygen atoms in total. The smallest absolute Gasteiger partial charge is 0.251 e. The third kappa shape index (κ3) is 5.76. The van der Waals surface area contributed by atoms with Gasteiger partial charge in [0.15, 0.2) is 0 Å². The summed E-state index contributed by atoms with van der Waals surface area (Å²) in [7, 11) is 0. The van der Waals surface area contributed by atoms with Crippen LogP contribution in [-0.2, 0) is 11.3 Å². The molecule has 2 atom stereocenters. The van der Waals surface area contributed by atoms with Crippen LogP contribution >= 0.6 is 0 Å². The Hall–Kier alpha value is -4.08. The van der Waals surface area contributed by atoms with E-state index in [9.17, 15) is 30.0 Å². The number of carbonyl (C=O) groups excluding carboxylic acids is 2. The number of phenols is 4. The van der Waals surface area contributed by atoms with Crippen molar-refractivity contribution in [3.05, 3.63) is 82.9 Å². The first-order chi connectivity index (χ1) is 17.3. The lowest BCUT2D eigenvalue weighted by Gasteiger charge is -2.26. The number of aromatic hydroxyl groups is 4. The van der Waals surface area contributed by atoms with Gasteiger partial charge in [-0.05, 0) is 73.5 Å². The molecule has 0 radical (unpaired) electrons. The van der Waals surface area contributed by atoms with Crippen molar-refractivity contribution in [3.8, 4) is 23.0 Å². The molecule has 1 aliphatic heterocycles. The van der Waals surface area contributed by atoms with Crippen LogP contribution in [0.15, 0.2) is 60.7 Å². The van der Waals surface area contributed by atoms with Gasteiger partial charge in [0.2, 0.25) is 5.78 Å². The normalized spacial score (nSPS) is 17.8. The summed E-state index contributed by atoms with van der Waals surface area (Å²) in [6, 6.07) is 14.2. The fourth-order valence-electron chi connectivity index (χ4n) is 4.21. The van der Waals surface area contributed by atoms with E-state index in [2.05, 4.69) is 10.6 Å². The summed E-state index contributed by atoms with van der Waals surface area (Å²) in [4.78, 5) is 25.5. The van der Waals surface area contributed by atoms with Crippen LogP contribution < -0.4 is 10.6 Å². The number of rotatable bonds is 7. The van der Waals surface area contributed by atoms with Gasteiger partial charge in [0.05, 0.1) is 24.3 Å². The van der Waals surface area contributed by atoms with Crippen molar-refractivity contribution >= 4 is 11.7 Å². The van der Waals surface area contributed by atoms with E-state index in [0.29, 0.717) is 24.1 Å². The average Bonchev–Trinajstić information content (AvgIpc) is 3.07. The summed E-state index contributed by atoms with van der Waals surface area (Å²) in [5, 5.41) is 46.6. The molecule has 2 unspecified atom stereocenters. The molecular formula is C27H28N2O7. The Bertz CT molecular complexity index is 1220. The molecular weight excluding hydrogens is 464 g/mol. The van der Waals surface area contributed by atoms with Gasteiger partial charge in [-0.1, -0.05) is 12.1 Å². The van der Waals surface area contributed by atoms with Crippen LogP contribution in [0.3, 0.4) is 0 Å². The minimum absolute atomic E-state index is 0.0302. The molecule has 0 spiro atoms. The zero-order valence-electron chi connectivity index (χ0n) is 19.5. The Labute approximate surface area is 208 Å². The monoisotopic (exact) mass is 492 g/mol. The predicted octanol–water partition coefficient (Wildman–Crippen LogP) is 2.81. The van der Waals surface area contributed by atoms with Crippen molar-refractivity contribution in [2.24, 2.45) is 0 Å². The molecule has 188 valence electrons. The third-order valence-electron chi connectivity index (χ3n) is 6.10. The number of hydrogen-bond donors (Lipinski definition) is 6. The molecule has 1 aliphatic rings. The van der Waals surface area contributed by atoms with Crippen molar-refractivity contribution in [1.82, 2.24) is 10.6 Å². The summed E-state index contributed by atoms with van der Waals surface area (Å²) in [6.45, 7) is 1.30. The highest BCUT2D eigenvalue weighted by atomic mass is 16.5. The second-order valence-corrected chi connectivity index (χ2v) is 8.68. The van der Waals surface area contributed by atoms with E-state index in [0.717, 1.165) is 13.0 Å². The minimum atomic E-state index is -0.706. The fraction of sp³-hybridized carbons (Fsp3) is 0.259. The predicted molar refractivity (Wildman–Crippen MR) is 131 cm³/mol. The van der Waals surface area contributed by atoms with E-state index in [1.54, 1.807) is 12.1 Å². The minimum Gasteiger partial charge on any atom is -0.508 e. The molecule has 4 rings (SSSR count). The number of phenolic OH excluding ortho intramolecular Hbond substituents is 4. The summed E-state index contributed by atoms with van der Waals surface area (Å²) in [6.07, 6.45) is 1.17. The summed E-state index contributed by atoms with van der Waals surface area (Å²) < 4.78 is 6.09. The van der Waals surface area contributed by atoms with Crippen LogP contribution in [-0.4, -0.2) is 57.4 Å². The van der Waals surface area contributed by atoms with E-state index >= 15 is 0 Å². The molecule has 9 heteroatoms. The molecule has 36 heavy (non-hydrogen) atoms. The van der Waals surface area contributed by atoms with Gasteiger partial charge in [-0.2, -0.15) is 0 Å². The van der Waals surface area contributed by atoms with Crippen molar-refractivity contribution < 1.29 is 34.8 Å². The van der Waals surface area contributed by atoms with Crippen molar-refractivity contribution in [3.63, 3.8) is 0 Å². The number of nitrogens with one attached hydrogen (secondary N) is 2. The van der Waals surface area contributed by atoms with Crippen molar-refractivity contribution in [2.75, 3.05) is 13.1 Å². The Morgan fingerprint density at radius 3 is 2.33 bits per heavy atom. The summed E-state index contributed by atoms with van der Waals surface area (Å²) >= 11 is 0. The number of carbonyl (C=O) groups is 2. The zero-order chi connectivity index (χ0) is 25.7. The maximum Gasteiger partial charge on any atom is 0.251 e. The largest absolute Gasteiger partial charge is 0.508 e. The van der Waals surface area contributed by atoms with Crippen LogP contribution in [0.25, 0.3) is 0 Å². The van der Waals surface area contributed by atoms with Crippen LogP contribution in [0.5, 0.6) is 23.0 Å². The molecule has 3 aromatic rings. The molecule has 0 bridgehead atoms. The van der Waals surface area contributed by atoms with Gasteiger partial charge < -0.3 is 35.8 Å². The van der Waals surface area contributed by atoms with Gasteiger partial charge in [0, 0.05) is 12.1 Å². The van der Waals surface area contributed by atoms with E-state index in [1.165, 1.54) is 48.5 Å². The molecule has 1 amide bonds. The maximum atomic E-state index is 12.8. The number of ether oxygens (including phenoxy) is 1. The molecule has 1 fully saturated rings. The molecule has 0 aromatic heterocycles. The van der Waals surface area contributed by atoms with E-state index in [-0.39, 0.29) is 47.3 Å². The van der Waals surface area contributed by atoms with E-state index in [4.69, 9.17) is 4.74 Å². The topological polar surface area (TPSA) is 148 Å². The maximum absolute atomic E-state index is 12.8. The number of amides is 1. The van der Waals surface area contributed by atoms with Crippen LogP contribution in [0.1, 0.15) is 44.7 Å². The lowest BCUT2D eigenvalue weighted by Crippen LogP contribution is -2.48. The number of hydrogen-bond acceptors (Lipinski definition) is 8. The molecule has 1 saturated heterocycles. The second kappa shape index (κ2) is 11.1. The van der Waals surface area contributed by atoms with Gasteiger partial charge in [0.1, 0.15) is 28.6 Å². The zero-order valence-corrected chi connectivity index (χ0v) is 19.5. The van der Waals surface area contributed by atoms with Gasteiger partial charge in [-0.25, -0.2) is 0 Å². The number of para-hydroxylation sites is 1. The standard InChI is InChI=1S/C27H28N2O7/c30-18-9-7-17(8-10-18)27(35)29-20-14-28-11-3-6-24(20)36-15-16-12-22(32)25(23(33)13-16)26(34)19-4-1-2-5-21(19)31/h1-2,4-5,7-10,12-13,20,24,28,30-33H,3,6,11,14-15H2,(H,29,35). The Morgan fingerprint density at radius 1 is 0.944 bits per heavy atom. The third-order valence-corrected chi connectivity index (χ3v) is 6.10. The lowest BCUT2D eigenvalue weighted by molar-refractivity contribution is 0.0134. The quantitative estimate of drug-likeness (QED) is 0.276. The Balaban J connectivity index is 1.46. The SMILES string of the molecule is O=C(NC1CNCCCC1OCc1cc(O)c(C(=O)c2ccccc2O)c(O)c1)c1ccc(O)cc1. The molecule has 0 aliphatic carbocycles. The highest BCUT2D eigenvalue weighted by Gasteiger charge is 2.27. The van der Waals surface area contributed by atoms with Crippen LogP contribution in [0, 0.1) is 0 Å². The lowest BCUT2D eigenvalue weighted by atomic mass is 9.99. The first-order valence-corrected chi connectivity index (χ1v) is 11.6. The van der Waals surface area contributed by atoms with Crippen molar-refractivity contribution in [2.45, 2.75) is 31.6 Å². The molecule has 6 N–H and O–H groups in total. The van der Waals surface area contributed by atoms with Gasteiger partial charge in [-0.3, -0.25) is 9.59 Å². The second-order valence-electron chi connectivity index (χ2n) is 8.68. The first kappa shape index (κ1) is 25.0. The Morgan fingerprint density at radius 2 is 1.64 bits per heavy atom. The highest BCUT2D eigenvalue weighted by Crippen LogP contribution is 2.33. The van der Waals surface area contributed by atoms with E-state index in [1.807, 2.05) is 0 Å². The van der Waals surface area contributed by atoms with Crippen LogP contribution in [0.2, 0.25) is 0 Å². The summed E-state index contributed by atoms with van der Waals surface area (Å²) in [5.74, 6) is -2.04. The molecule has 1 heterocycles. The number of benzene rings is 3. The van der Waals surface area contributed by atoms with Gasteiger partial charge in [-0.15, -0.1) is 0 Å². The van der Waals surface area contributed by atoms with Gasteiger partial charge >= 0.3 is 0 Å². The van der Waals surface area contributed by atoms with E-state index < -0.39 is 17.3 Å². The molecule has 0 saturated carbocycles. The Kier molecular flexibility index (Phi) is 7.72.